The molecule has 0 bridgehead atoms. The topological polar surface area (TPSA) is 79.8 Å². The van der Waals surface area contributed by atoms with Crippen molar-refractivity contribution in [2.75, 3.05) is 26.5 Å². The minimum absolute atomic E-state index is 0.147. The molecule has 1 aliphatic rings. The number of rotatable bonds is 5. The summed E-state index contributed by atoms with van der Waals surface area (Å²) in [6, 6.07) is 13.2. The number of carbonyl (C=O) groups is 1. The van der Waals surface area contributed by atoms with Crippen molar-refractivity contribution in [3.05, 3.63) is 65.9 Å². The number of fused-ring (bicyclic) bond motifs is 1. The average molecular weight is 458 g/mol. The highest BCUT2D eigenvalue weighted by molar-refractivity contribution is 7.89. The molecule has 9 heteroatoms. The Balaban J connectivity index is 1.51. The van der Waals surface area contributed by atoms with Gasteiger partial charge in [-0.2, -0.15) is 4.31 Å². The molecule has 0 radical (unpaired) electrons. The number of piperazine rings is 1. The summed E-state index contributed by atoms with van der Waals surface area (Å²) in [5.74, 6) is 0.128. The summed E-state index contributed by atoms with van der Waals surface area (Å²) in [4.78, 5) is 19.3. The molecular weight excluding hydrogens is 433 g/mol. The van der Waals surface area contributed by atoms with Crippen LogP contribution < -0.4 is 4.74 Å². The summed E-state index contributed by atoms with van der Waals surface area (Å²) in [5.41, 5.74) is 1.74. The summed E-state index contributed by atoms with van der Waals surface area (Å²) in [6.07, 6.45) is 1.68. The van der Waals surface area contributed by atoms with Crippen molar-refractivity contribution in [1.82, 2.24) is 14.2 Å². The van der Waals surface area contributed by atoms with E-state index in [1.165, 1.54) is 22.5 Å². The molecule has 0 N–H and O–H groups in total. The van der Waals surface area contributed by atoms with E-state index in [1.807, 2.05) is 25.1 Å². The molecular formula is C23H24FN3O4S. The smallest absolute Gasteiger partial charge is 0.254 e. The summed E-state index contributed by atoms with van der Waals surface area (Å²) in [6.45, 7) is 3.15. The number of aryl methyl sites for hydroxylation is 1. The number of hydrogen-bond donors (Lipinski definition) is 0. The fourth-order valence-corrected chi connectivity index (χ4v) is 5.73. The minimum atomic E-state index is -3.76. The van der Waals surface area contributed by atoms with Crippen LogP contribution in [0.1, 0.15) is 22.8 Å². The van der Waals surface area contributed by atoms with Crippen LogP contribution in [0.15, 0.2) is 59.6 Å². The van der Waals surface area contributed by atoms with Gasteiger partial charge in [0.25, 0.3) is 5.91 Å². The van der Waals surface area contributed by atoms with E-state index in [2.05, 4.69) is 4.98 Å². The number of pyridine rings is 1. The monoisotopic (exact) mass is 457 g/mol. The van der Waals surface area contributed by atoms with E-state index < -0.39 is 16.9 Å². The number of alkyl halides is 1. The van der Waals surface area contributed by atoms with E-state index in [-0.39, 0.29) is 42.2 Å². The number of carbonyl (C=O) groups excluding carboxylic acids is 1. The van der Waals surface area contributed by atoms with Crippen LogP contribution in [0.3, 0.4) is 0 Å². The molecule has 2 aromatic carbocycles. The third kappa shape index (κ3) is 4.18. The largest absolute Gasteiger partial charge is 0.463 e. The maximum absolute atomic E-state index is 13.2. The van der Waals surface area contributed by atoms with Gasteiger partial charge >= 0.3 is 0 Å². The number of sulfonamides is 1. The number of halogens is 1. The Hall–Kier alpha value is -3.04. The third-order valence-corrected chi connectivity index (χ3v) is 7.71. The number of amides is 1. The summed E-state index contributed by atoms with van der Waals surface area (Å²) < 4.78 is 45.0. The fraction of sp³-hybridized carbons (Fsp3) is 0.304. The fourth-order valence-electron chi connectivity index (χ4n) is 4.01. The molecule has 1 saturated heterocycles. The molecule has 32 heavy (non-hydrogen) atoms. The normalized spacial score (nSPS) is 17.5. The van der Waals surface area contributed by atoms with E-state index in [0.29, 0.717) is 11.1 Å². The van der Waals surface area contributed by atoms with E-state index in [1.54, 1.807) is 30.2 Å². The Morgan fingerprint density at radius 2 is 2.00 bits per heavy atom. The van der Waals surface area contributed by atoms with Crippen LogP contribution >= 0.6 is 0 Å². The molecule has 4 rings (SSSR count). The average Bonchev–Trinajstić information content (AvgIpc) is 2.78. The summed E-state index contributed by atoms with van der Waals surface area (Å²) in [5, 5.41) is 0.950. The predicted molar refractivity (Wildman–Crippen MR) is 119 cm³/mol. The third-order valence-electron chi connectivity index (χ3n) is 5.69. The van der Waals surface area contributed by atoms with Gasteiger partial charge in [-0.3, -0.25) is 9.78 Å². The Kier molecular flexibility index (Phi) is 6.12. The number of nitrogens with zero attached hydrogens (tertiary/aromatic N) is 3. The lowest BCUT2D eigenvalue weighted by molar-refractivity contribution is 0.0591. The van der Waals surface area contributed by atoms with E-state index in [9.17, 15) is 17.6 Å². The van der Waals surface area contributed by atoms with E-state index >= 15 is 0 Å². The zero-order chi connectivity index (χ0) is 22.9. The summed E-state index contributed by atoms with van der Waals surface area (Å²) in [7, 11) is -3.76. The second kappa shape index (κ2) is 8.84. The summed E-state index contributed by atoms with van der Waals surface area (Å²) >= 11 is 0. The molecule has 1 aromatic heterocycles. The molecule has 1 aliphatic heterocycles. The molecule has 1 amide bonds. The van der Waals surface area contributed by atoms with Crippen LogP contribution in [0.2, 0.25) is 0 Å². The Morgan fingerprint density at radius 3 is 2.72 bits per heavy atom. The molecule has 0 spiro atoms. The molecule has 168 valence electrons. The lowest BCUT2D eigenvalue weighted by atomic mass is 10.1. The van der Waals surface area contributed by atoms with Crippen molar-refractivity contribution in [3.63, 3.8) is 0 Å². The van der Waals surface area contributed by atoms with Crippen molar-refractivity contribution in [2.24, 2.45) is 0 Å². The van der Waals surface area contributed by atoms with Crippen molar-refractivity contribution < 1.29 is 22.3 Å². The number of ether oxygens (including phenoxy) is 1. The second-order valence-electron chi connectivity index (χ2n) is 7.80. The molecule has 3 aromatic rings. The highest BCUT2D eigenvalue weighted by Gasteiger charge is 2.35. The van der Waals surface area contributed by atoms with Crippen LogP contribution in [0.5, 0.6) is 5.75 Å². The van der Waals surface area contributed by atoms with Gasteiger partial charge in [-0.05, 0) is 55.8 Å². The Bertz CT molecular complexity index is 1270. The van der Waals surface area contributed by atoms with Crippen LogP contribution in [0.4, 0.5) is 4.39 Å². The van der Waals surface area contributed by atoms with Crippen molar-refractivity contribution in [3.8, 4) is 5.75 Å². The van der Waals surface area contributed by atoms with Crippen LogP contribution in [-0.4, -0.2) is 61.1 Å². The molecule has 7 nitrogen and oxygen atoms in total. The number of benzene rings is 2. The van der Waals surface area contributed by atoms with Gasteiger partial charge in [-0.1, -0.05) is 12.1 Å². The second-order valence-corrected chi connectivity index (χ2v) is 9.71. The van der Waals surface area contributed by atoms with Gasteiger partial charge in [-0.25, -0.2) is 12.8 Å². The first kappa shape index (κ1) is 22.2. The molecule has 0 aliphatic carbocycles. The highest BCUT2D eigenvalue weighted by Crippen LogP contribution is 2.27. The zero-order valence-corrected chi connectivity index (χ0v) is 18.7. The van der Waals surface area contributed by atoms with Crippen LogP contribution in [0.25, 0.3) is 10.9 Å². The molecule has 2 heterocycles. The zero-order valence-electron chi connectivity index (χ0n) is 17.9. The lowest BCUT2D eigenvalue weighted by Gasteiger charge is -2.39. The van der Waals surface area contributed by atoms with Gasteiger partial charge < -0.3 is 9.64 Å². The van der Waals surface area contributed by atoms with E-state index in [4.69, 9.17) is 4.74 Å². The number of hydrogen-bond acceptors (Lipinski definition) is 5. The number of aromatic nitrogens is 1. The van der Waals surface area contributed by atoms with Gasteiger partial charge in [0.1, 0.15) is 5.75 Å². The standard InChI is InChI=1S/C23H24FN3O4S/c1-16-12-20(31-15-24)7-8-22(16)32(29,30)26-10-11-27(17(2)14-26)23(28)19-6-5-18-4-3-9-25-21(18)13-19/h3-9,12-13,17H,10-11,14-15H2,1-2H3/t17-/m0/s1. The first-order chi connectivity index (χ1) is 15.3. The molecule has 0 saturated carbocycles. The molecule has 1 atom stereocenters. The lowest BCUT2D eigenvalue weighted by Crippen LogP contribution is -2.55. The van der Waals surface area contributed by atoms with Gasteiger partial charge in [-0.15, -0.1) is 0 Å². The minimum Gasteiger partial charge on any atom is -0.463 e. The Labute approximate surface area is 186 Å². The maximum Gasteiger partial charge on any atom is 0.254 e. The highest BCUT2D eigenvalue weighted by atomic mass is 32.2. The van der Waals surface area contributed by atoms with Gasteiger partial charge in [0.05, 0.1) is 10.4 Å². The van der Waals surface area contributed by atoms with Gasteiger partial charge in [0, 0.05) is 42.8 Å². The van der Waals surface area contributed by atoms with Crippen LogP contribution in [-0.2, 0) is 10.0 Å². The predicted octanol–water partition coefficient (Wildman–Crippen LogP) is 3.38. The van der Waals surface area contributed by atoms with Crippen molar-refractivity contribution in [2.45, 2.75) is 24.8 Å². The maximum atomic E-state index is 13.2. The van der Waals surface area contributed by atoms with Gasteiger partial charge in [0.2, 0.25) is 16.9 Å². The van der Waals surface area contributed by atoms with Crippen LogP contribution in [0, 0.1) is 6.92 Å². The first-order valence-electron chi connectivity index (χ1n) is 10.3. The quantitative estimate of drug-likeness (QED) is 0.587. The first-order valence-corrected chi connectivity index (χ1v) is 11.7. The van der Waals surface area contributed by atoms with Gasteiger partial charge in [0.15, 0.2) is 0 Å². The molecule has 1 fully saturated rings. The SMILES string of the molecule is Cc1cc(OCF)ccc1S(=O)(=O)N1CCN(C(=O)c2ccc3cccnc3c2)[C@@H](C)C1. The van der Waals surface area contributed by atoms with E-state index in [0.717, 1.165) is 10.9 Å². The van der Waals surface area contributed by atoms with Crippen molar-refractivity contribution in [1.29, 1.82) is 0 Å². The van der Waals surface area contributed by atoms with Crippen molar-refractivity contribution >= 4 is 26.8 Å². The molecule has 0 unspecified atom stereocenters. The Morgan fingerprint density at radius 1 is 1.19 bits per heavy atom.